The minimum atomic E-state index is 0.953. The maximum Gasteiger partial charge on any atom is 0.190 e. The highest BCUT2D eigenvalue weighted by atomic mass is 32.1. The van der Waals surface area contributed by atoms with Gasteiger partial charge in [-0.25, -0.2) is 9.98 Å². The van der Waals surface area contributed by atoms with E-state index in [1.807, 2.05) is 27.7 Å². The zero-order chi connectivity index (χ0) is 27.5. The van der Waals surface area contributed by atoms with Crippen molar-refractivity contribution in [3.63, 3.8) is 0 Å². The molecular weight excluding hydrogens is 515 g/mol. The number of fused-ring (bicyclic) bond motifs is 2. The Bertz CT molecular complexity index is 1920. The molecule has 1 aliphatic carbocycles. The summed E-state index contributed by atoms with van der Waals surface area (Å²) in [6.07, 6.45) is 2.16. The molecule has 0 saturated carbocycles. The SMILES string of the molecule is CC.CC.Cc1c(N=C2C=C(N=c3sc4ccccc4n3C)c3cccc4cccc2c34)sc2ccccc12. The summed E-state index contributed by atoms with van der Waals surface area (Å²) < 4.78 is 4.68. The van der Waals surface area contributed by atoms with Gasteiger partial charge >= 0.3 is 0 Å². The minimum absolute atomic E-state index is 0.953. The first-order valence-electron chi connectivity index (χ1n) is 13.6. The monoisotopic (exact) mass is 547 g/mol. The highest BCUT2D eigenvalue weighted by Gasteiger charge is 2.20. The summed E-state index contributed by atoms with van der Waals surface area (Å²) in [5, 5.41) is 4.76. The number of hydrogen-bond acceptors (Lipinski definition) is 4. The number of aliphatic imine (C=N–C) groups is 1. The molecule has 0 amide bonds. The fraction of sp³-hybridized carbons (Fsp3) is 0.176. The van der Waals surface area contributed by atoms with Gasteiger partial charge < -0.3 is 4.57 Å². The topological polar surface area (TPSA) is 29.6 Å². The molecule has 0 aliphatic heterocycles. The van der Waals surface area contributed by atoms with Crippen molar-refractivity contribution in [1.29, 1.82) is 0 Å². The molecule has 39 heavy (non-hydrogen) atoms. The fourth-order valence-electron chi connectivity index (χ4n) is 4.91. The van der Waals surface area contributed by atoms with Gasteiger partial charge in [-0.15, -0.1) is 11.3 Å². The van der Waals surface area contributed by atoms with Crippen molar-refractivity contribution >= 4 is 70.2 Å². The van der Waals surface area contributed by atoms with Crippen molar-refractivity contribution in [2.24, 2.45) is 17.0 Å². The van der Waals surface area contributed by atoms with Crippen molar-refractivity contribution in [3.05, 3.63) is 112 Å². The van der Waals surface area contributed by atoms with Crippen LogP contribution in [0.4, 0.5) is 5.00 Å². The minimum Gasteiger partial charge on any atom is -0.320 e. The molecule has 2 heterocycles. The maximum absolute atomic E-state index is 5.23. The number of aromatic nitrogens is 1. The number of benzene rings is 4. The molecule has 6 aromatic rings. The molecule has 1 aliphatic rings. The first kappa shape index (κ1) is 26.8. The number of thiophene rings is 1. The second-order valence-corrected chi connectivity index (χ2v) is 10.8. The molecule has 3 nitrogen and oxygen atoms in total. The molecular formula is C34H33N3S2. The van der Waals surface area contributed by atoms with Crippen LogP contribution < -0.4 is 4.80 Å². The zero-order valence-corrected chi connectivity index (χ0v) is 25.0. The van der Waals surface area contributed by atoms with Crippen LogP contribution in [0, 0.1) is 6.92 Å². The predicted molar refractivity (Wildman–Crippen MR) is 174 cm³/mol. The Kier molecular flexibility index (Phi) is 7.92. The van der Waals surface area contributed by atoms with Crippen LogP contribution in [0.3, 0.4) is 0 Å². The van der Waals surface area contributed by atoms with Gasteiger partial charge in [0.2, 0.25) is 0 Å². The number of rotatable bonds is 2. The van der Waals surface area contributed by atoms with Crippen LogP contribution in [0.25, 0.3) is 36.8 Å². The van der Waals surface area contributed by atoms with Crippen molar-refractivity contribution in [1.82, 2.24) is 4.57 Å². The van der Waals surface area contributed by atoms with Gasteiger partial charge in [0.25, 0.3) is 0 Å². The van der Waals surface area contributed by atoms with Gasteiger partial charge in [-0.05, 0) is 47.5 Å². The van der Waals surface area contributed by atoms with Crippen molar-refractivity contribution in [2.45, 2.75) is 34.6 Å². The Morgan fingerprint density at radius 1 is 0.667 bits per heavy atom. The molecule has 7 rings (SSSR count). The summed E-state index contributed by atoms with van der Waals surface area (Å²) in [5.74, 6) is 0. The first-order valence-corrected chi connectivity index (χ1v) is 15.2. The van der Waals surface area contributed by atoms with Gasteiger partial charge in [-0.2, -0.15) is 0 Å². The van der Waals surface area contributed by atoms with Gasteiger partial charge in [-0.3, -0.25) is 0 Å². The molecule has 0 spiro atoms. The van der Waals surface area contributed by atoms with Gasteiger partial charge in [-0.1, -0.05) is 106 Å². The van der Waals surface area contributed by atoms with Gasteiger partial charge in [0.1, 0.15) is 5.00 Å². The molecule has 5 heteroatoms. The molecule has 0 N–H and O–H groups in total. The van der Waals surface area contributed by atoms with Crippen LogP contribution in [0.5, 0.6) is 0 Å². The summed E-state index contributed by atoms with van der Waals surface area (Å²) in [6.45, 7) is 10.2. The van der Waals surface area contributed by atoms with Crippen LogP contribution >= 0.6 is 22.7 Å². The van der Waals surface area contributed by atoms with Crippen LogP contribution in [0.2, 0.25) is 0 Å². The summed E-state index contributed by atoms with van der Waals surface area (Å²) in [6, 6.07) is 29.9. The molecule has 4 aromatic carbocycles. The zero-order valence-electron chi connectivity index (χ0n) is 23.3. The summed E-state index contributed by atoms with van der Waals surface area (Å²) in [7, 11) is 2.09. The first-order chi connectivity index (χ1) is 19.2. The Hall–Kier alpha value is -3.80. The summed E-state index contributed by atoms with van der Waals surface area (Å²) in [5.41, 5.74) is 6.66. The molecule has 0 atom stereocenters. The smallest absolute Gasteiger partial charge is 0.190 e. The molecule has 2 aromatic heterocycles. The standard InChI is InChI=1S/C30H21N3S2.2C2H6/c1-18-20-11-3-5-15-26(20)34-29(18)31-23-17-24(22-13-8-10-19-9-7-12-21(23)28(19)22)32-30-33(2)25-14-4-6-16-27(25)35-30;2*1-2/h3-17H,1-2H3;2*1-2H3. The lowest BCUT2D eigenvalue weighted by molar-refractivity contribution is 0.913. The highest BCUT2D eigenvalue weighted by molar-refractivity contribution is 7.22. The second kappa shape index (κ2) is 11.5. The summed E-state index contributed by atoms with van der Waals surface area (Å²) >= 11 is 3.47. The number of nitrogens with zero attached hydrogens (tertiary/aromatic N) is 3. The van der Waals surface area contributed by atoms with Gasteiger partial charge in [0, 0.05) is 28.3 Å². The van der Waals surface area contributed by atoms with Crippen molar-refractivity contribution < 1.29 is 0 Å². The van der Waals surface area contributed by atoms with E-state index in [-0.39, 0.29) is 0 Å². The van der Waals surface area contributed by atoms with E-state index < -0.39 is 0 Å². The number of allylic oxidation sites excluding steroid dienone is 1. The average Bonchev–Trinajstić information content (AvgIpc) is 3.49. The van der Waals surface area contributed by atoms with Crippen molar-refractivity contribution in [3.8, 4) is 0 Å². The predicted octanol–water partition coefficient (Wildman–Crippen LogP) is 10.0. The quantitative estimate of drug-likeness (QED) is 0.206. The second-order valence-electron chi connectivity index (χ2n) is 8.79. The number of thiazole rings is 1. The van der Waals surface area contributed by atoms with E-state index in [0.29, 0.717) is 0 Å². The lowest BCUT2D eigenvalue weighted by Gasteiger charge is -2.17. The Balaban J connectivity index is 0.000000738. The molecule has 196 valence electrons. The third kappa shape index (κ3) is 4.77. The van der Waals surface area contributed by atoms with Crippen LogP contribution in [-0.2, 0) is 7.05 Å². The molecule has 0 fully saturated rings. The molecule has 0 radical (unpaired) electrons. The Morgan fingerprint density at radius 2 is 1.33 bits per heavy atom. The Morgan fingerprint density at radius 3 is 2.05 bits per heavy atom. The van der Waals surface area contributed by atoms with E-state index in [0.717, 1.165) is 32.3 Å². The van der Waals surface area contributed by atoms with Gasteiger partial charge in [0.05, 0.1) is 21.6 Å². The number of aryl methyl sites for hydroxylation is 2. The number of hydrogen-bond donors (Lipinski definition) is 0. The normalized spacial score (nSPS) is 13.7. The van der Waals surface area contributed by atoms with Crippen LogP contribution in [0.15, 0.2) is 101 Å². The van der Waals surface area contributed by atoms with E-state index in [4.69, 9.17) is 9.98 Å². The lowest BCUT2D eigenvalue weighted by atomic mass is 9.90. The van der Waals surface area contributed by atoms with E-state index in [9.17, 15) is 0 Å². The van der Waals surface area contributed by atoms with Crippen LogP contribution in [-0.4, -0.2) is 10.3 Å². The average molecular weight is 548 g/mol. The summed E-state index contributed by atoms with van der Waals surface area (Å²) in [4.78, 5) is 11.4. The van der Waals surface area contributed by atoms with Crippen molar-refractivity contribution in [2.75, 3.05) is 0 Å². The molecule has 0 bridgehead atoms. The van der Waals surface area contributed by atoms with E-state index >= 15 is 0 Å². The van der Waals surface area contributed by atoms with E-state index in [2.05, 4.69) is 110 Å². The largest absolute Gasteiger partial charge is 0.320 e. The highest BCUT2D eigenvalue weighted by Crippen LogP contribution is 2.40. The maximum atomic E-state index is 5.23. The molecule has 0 saturated heterocycles. The third-order valence-electron chi connectivity index (χ3n) is 6.70. The Labute approximate surface area is 238 Å². The van der Waals surface area contributed by atoms with E-state index in [1.54, 1.807) is 22.7 Å². The molecule has 0 unspecified atom stereocenters. The van der Waals surface area contributed by atoms with Crippen LogP contribution in [0.1, 0.15) is 44.4 Å². The van der Waals surface area contributed by atoms with E-state index in [1.165, 1.54) is 36.6 Å². The lowest BCUT2D eigenvalue weighted by Crippen LogP contribution is -2.12. The number of para-hydroxylation sites is 1. The van der Waals surface area contributed by atoms with Gasteiger partial charge in [0.15, 0.2) is 4.80 Å². The third-order valence-corrected chi connectivity index (χ3v) is 8.98. The fourth-order valence-corrected chi connectivity index (χ4v) is 7.03.